The number of fused-ring (bicyclic) bond motifs is 5. The SMILES string of the molecule is Cc1sc2cc3c(cc4c5c(ccnc53)-c3ccccc3O4)cc2c1C. The van der Waals surface area contributed by atoms with Gasteiger partial charge in [0.25, 0.3) is 0 Å². The van der Waals surface area contributed by atoms with Gasteiger partial charge >= 0.3 is 0 Å². The second kappa shape index (κ2) is 4.83. The summed E-state index contributed by atoms with van der Waals surface area (Å²) in [5.41, 5.74) is 4.73. The summed E-state index contributed by atoms with van der Waals surface area (Å²) in [4.78, 5) is 6.12. The van der Waals surface area contributed by atoms with Crippen molar-refractivity contribution in [3.05, 3.63) is 65.2 Å². The zero-order valence-electron chi connectivity index (χ0n) is 14.5. The minimum atomic E-state index is 0.901. The molecule has 0 fully saturated rings. The van der Waals surface area contributed by atoms with E-state index in [0.29, 0.717) is 0 Å². The van der Waals surface area contributed by atoms with E-state index in [9.17, 15) is 0 Å². The van der Waals surface area contributed by atoms with E-state index < -0.39 is 0 Å². The molecule has 1 aliphatic heterocycles. The molecule has 0 amide bonds. The summed E-state index contributed by atoms with van der Waals surface area (Å²) in [6.45, 7) is 4.40. The highest BCUT2D eigenvalue weighted by Gasteiger charge is 2.22. The van der Waals surface area contributed by atoms with Crippen molar-refractivity contribution >= 4 is 43.1 Å². The molecule has 1 aliphatic rings. The quantitative estimate of drug-likeness (QED) is 0.274. The zero-order chi connectivity index (χ0) is 17.4. The average Bonchev–Trinajstić information content (AvgIpc) is 2.94. The minimum absolute atomic E-state index is 0.901. The first-order valence-electron chi connectivity index (χ1n) is 8.73. The highest BCUT2D eigenvalue weighted by Crippen LogP contribution is 2.48. The highest BCUT2D eigenvalue weighted by atomic mass is 32.1. The van der Waals surface area contributed by atoms with Crippen LogP contribution >= 0.6 is 11.3 Å². The summed E-state index contributed by atoms with van der Waals surface area (Å²) >= 11 is 1.86. The molecular formula is C23H15NOS. The predicted molar refractivity (Wildman–Crippen MR) is 110 cm³/mol. The van der Waals surface area contributed by atoms with Gasteiger partial charge in [-0.2, -0.15) is 0 Å². The van der Waals surface area contributed by atoms with Crippen LogP contribution in [0.4, 0.5) is 0 Å². The maximum absolute atomic E-state index is 6.27. The van der Waals surface area contributed by atoms with E-state index in [-0.39, 0.29) is 0 Å². The van der Waals surface area contributed by atoms with Crippen molar-refractivity contribution in [3.8, 4) is 22.6 Å². The van der Waals surface area contributed by atoms with E-state index in [0.717, 1.165) is 28.0 Å². The number of hydrogen-bond donors (Lipinski definition) is 0. The lowest BCUT2D eigenvalue weighted by molar-refractivity contribution is 0.487. The van der Waals surface area contributed by atoms with E-state index in [1.165, 1.54) is 36.9 Å². The number of thiophene rings is 1. The molecular weight excluding hydrogens is 338 g/mol. The molecule has 0 saturated heterocycles. The third-order valence-electron chi connectivity index (χ3n) is 5.48. The highest BCUT2D eigenvalue weighted by molar-refractivity contribution is 7.19. The molecule has 2 nitrogen and oxygen atoms in total. The lowest BCUT2D eigenvalue weighted by Gasteiger charge is -2.21. The fourth-order valence-corrected chi connectivity index (χ4v) is 5.15. The van der Waals surface area contributed by atoms with E-state index in [1.54, 1.807) is 0 Å². The molecule has 3 heterocycles. The number of rotatable bonds is 0. The second-order valence-corrected chi connectivity index (χ2v) is 8.16. The van der Waals surface area contributed by atoms with Gasteiger partial charge in [0.1, 0.15) is 11.5 Å². The second-order valence-electron chi connectivity index (χ2n) is 6.91. The molecule has 3 heteroatoms. The normalized spacial score (nSPS) is 12.5. The molecule has 0 unspecified atom stereocenters. The Balaban J connectivity index is 1.82. The third-order valence-corrected chi connectivity index (χ3v) is 6.65. The van der Waals surface area contributed by atoms with Crippen LogP contribution < -0.4 is 4.74 Å². The van der Waals surface area contributed by atoms with Crippen molar-refractivity contribution in [2.45, 2.75) is 13.8 Å². The van der Waals surface area contributed by atoms with Gasteiger partial charge in [0.2, 0.25) is 0 Å². The largest absolute Gasteiger partial charge is 0.456 e. The van der Waals surface area contributed by atoms with Crippen LogP contribution in [0.1, 0.15) is 10.4 Å². The van der Waals surface area contributed by atoms with Crippen molar-refractivity contribution in [2.24, 2.45) is 0 Å². The first-order valence-corrected chi connectivity index (χ1v) is 9.55. The van der Waals surface area contributed by atoms with E-state index in [1.807, 2.05) is 29.7 Å². The van der Waals surface area contributed by atoms with Gasteiger partial charge in [0.15, 0.2) is 0 Å². The summed E-state index contributed by atoms with van der Waals surface area (Å²) in [5, 5.41) is 4.83. The first-order chi connectivity index (χ1) is 12.7. The van der Waals surface area contributed by atoms with Crippen molar-refractivity contribution in [1.82, 2.24) is 4.98 Å². The molecule has 0 N–H and O–H groups in total. The standard InChI is InChI=1S/C23H15NOS/c1-12-13(2)26-21-11-18-14(9-17(12)21)10-20-22-16(7-8-24-23(18)22)15-5-3-4-6-19(15)25-20/h3-11H,1-2H3. The summed E-state index contributed by atoms with van der Waals surface area (Å²) in [6.07, 6.45) is 1.91. The zero-order valence-corrected chi connectivity index (χ0v) is 15.3. The van der Waals surface area contributed by atoms with Crippen LogP contribution in [0.5, 0.6) is 11.5 Å². The molecule has 2 aromatic heterocycles. The Morgan fingerprint density at radius 2 is 1.77 bits per heavy atom. The summed E-state index contributed by atoms with van der Waals surface area (Å²) in [5.74, 6) is 1.81. The predicted octanol–water partition coefficient (Wildman–Crippen LogP) is 6.99. The van der Waals surface area contributed by atoms with Crippen LogP contribution in [-0.2, 0) is 0 Å². The van der Waals surface area contributed by atoms with Crippen LogP contribution in [0.15, 0.2) is 54.7 Å². The Bertz CT molecular complexity index is 1380. The molecule has 0 spiro atoms. The number of aromatic nitrogens is 1. The van der Waals surface area contributed by atoms with Gasteiger partial charge in [-0.1, -0.05) is 18.2 Å². The van der Waals surface area contributed by atoms with Crippen molar-refractivity contribution in [2.75, 3.05) is 0 Å². The fourth-order valence-electron chi connectivity index (χ4n) is 4.06. The Kier molecular flexibility index (Phi) is 2.65. The van der Waals surface area contributed by atoms with Crippen LogP contribution in [0.25, 0.3) is 42.9 Å². The number of nitrogens with zero attached hydrogens (tertiary/aromatic N) is 1. The summed E-state index contributed by atoms with van der Waals surface area (Å²) in [6, 6.07) is 17.1. The number of ether oxygens (including phenoxy) is 1. The fraction of sp³-hybridized carbons (Fsp3) is 0.0870. The monoisotopic (exact) mass is 353 g/mol. The smallest absolute Gasteiger partial charge is 0.138 e. The van der Waals surface area contributed by atoms with Crippen molar-refractivity contribution < 1.29 is 4.74 Å². The molecule has 3 aromatic carbocycles. The number of pyridine rings is 1. The number of para-hydroxylation sites is 1. The van der Waals surface area contributed by atoms with Crippen LogP contribution in [0.2, 0.25) is 0 Å². The van der Waals surface area contributed by atoms with Gasteiger partial charge < -0.3 is 4.74 Å². The van der Waals surface area contributed by atoms with Gasteiger partial charge in [-0.25, -0.2) is 0 Å². The van der Waals surface area contributed by atoms with Gasteiger partial charge in [-0.05, 0) is 60.5 Å². The van der Waals surface area contributed by atoms with E-state index in [4.69, 9.17) is 9.72 Å². The maximum atomic E-state index is 6.27. The van der Waals surface area contributed by atoms with Gasteiger partial charge in [0, 0.05) is 32.3 Å². The Morgan fingerprint density at radius 1 is 0.885 bits per heavy atom. The Morgan fingerprint density at radius 3 is 2.69 bits per heavy atom. The molecule has 26 heavy (non-hydrogen) atoms. The molecule has 0 aliphatic carbocycles. The molecule has 0 atom stereocenters. The average molecular weight is 353 g/mol. The maximum Gasteiger partial charge on any atom is 0.138 e. The lowest BCUT2D eigenvalue weighted by atomic mass is 9.94. The molecule has 6 rings (SSSR count). The minimum Gasteiger partial charge on any atom is -0.456 e. The topological polar surface area (TPSA) is 22.1 Å². The van der Waals surface area contributed by atoms with Gasteiger partial charge in [-0.15, -0.1) is 11.3 Å². The number of hydrogen-bond acceptors (Lipinski definition) is 3. The Labute approximate surface area is 154 Å². The number of aryl methyl sites for hydroxylation is 2. The summed E-state index contributed by atoms with van der Waals surface area (Å²) < 4.78 is 7.59. The molecule has 0 radical (unpaired) electrons. The molecule has 0 saturated carbocycles. The Hall–Kier alpha value is -2.91. The number of benzene rings is 3. The first kappa shape index (κ1) is 14.3. The van der Waals surface area contributed by atoms with Crippen LogP contribution in [-0.4, -0.2) is 4.98 Å². The third kappa shape index (κ3) is 1.73. The van der Waals surface area contributed by atoms with Crippen molar-refractivity contribution in [1.29, 1.82) is 0 Å². The van der Waals surface area contributed by atoms with E-state index >= 15 is 0 Å². The van der Waals surface area contributed by atoms with Crippen LogP contribution in [0, 0.1) is 13.8 Å². The van der Waals surface area contributed by atoms with E-state index in [2.05, 4.69) is 50.2 Å². The summed E-state index contributed by atoms with van der Waals surface area (Å²) in [7, 11) is 0. The molecule has 5 aromatic rings. The van der Waals surface area contributed by atoms with Gasteiger partial charge in [0.05, 0.1) is 10.9 Å². The molecule has 124 valence electrons. The van der Waals surface area contributed by atoms with Gasteiger partial charge in [-0.3, -0.25) is 4.98 Å². The lowest BCUT2D eigenvalue weighted by Crippen LogP contribution is -1.98. The molecule has 0 bridgehead atoms. The van der Waals surface area contributed by atoms with Crippen LogP contribution in [0.3, 0.4) is 0 Å². The van der Waals surface area contributed by atoms with Crippen molar-refractivity contribution in [3.63, 3.8) is 0 Å².